The van der Waals surface area contributed by atoms with Crippen LogP contribution in [0.4, 0.5) is 11.5 Å². The number of nitro groups is 1. The van der Waals surface area contributed by atoms with Gasteiger partial charge in [-0.1, -0.05) is 0 Å². The Morgan fingerprint density at radius 3 is 3.06 bits per heavy atom. The highest BCUT2D eigenvalue weighted by molar-refractivity contribution is 5.52. The van der Waals surface area contributed by atoms with Crippen LogP contribution in [0.3, 0.4) is 0 Å². The van der Waals surface area contributed by atoms with Gasteiger partial charge in [0.15, 0.2) is 0 Å². The fourth-order valence-corrected chi connectivity index (χ4v) is 2.52. The summed E-state index contributed by atoms with van der Waals surface area (Å²) in [4.78, 5) is 16.8. The summed E-state index contributed by atoms with van der Waals surface area (Å²) in [5, 5.41) is 13.9. The maximum Gasteiger partial charge on any atom is 0.287 e. The number of rotatable bonds is 4. The van der Waals surface area contributed by atoms with Crippen molar-refractivity contribution in [2.24, 2.45) is 0 Å². The van der Waals surface area contributed by atoms with E-state index in [1.54, 1.807) is 6.07 Å². The molecule has 2 heterocycles. The Balaban J connectivity index is 2.25. The van der Waals surface area contributed by atoms with Crippen molar-refractivity contribution in [3.63, 3.8) is 0 Å². The van der Waals surface area contributed by atoms with Gasteiger partial charge in [0, 0.05) is 25.2 Å². The highest BCUT2D eigenvalue weighted by Crippen LogP contribution is 2.28. The van der Waals surface area contributed by atoms with Gasteiger partial charge in [-0.2, -0.15) is 0 Å². The van der Waals surface area contributed by atoms with E-state index in [2.05, 4.69) is 15.2 Å². The second kappa shape index (κ2) is 5.30. The van der Waals surface area contributed by atoms with Crippen LogP contribution in [0.2, 0.25) is 0 Å². The van der Waals surface area contributed by atoms with Crippen molar-refractivity contribution < 1.29 is 4.92 Å². The van der Waals surface area contributed by atoms with E-state index < -0.39 is 4.92 Å². The van der Waals surface area contributed by atoms with Crippen molar-refractivity contribution in [2.45, 2.75) is 25.8 Å². The fraction of sp³-hybridized carbons (Fsp3) is 0.583. The number of nitrogens with one attached hydrogen (secondary N) is 1. The third-order valence-corrected chi connectivity index (χ3v) is 3.34. The predicted molar refractivity (Wildman–Crippen MR) is 69.9 cm³/mol. The van der Waals surface area contributed by atoms with E-state index >= 15 is 0 Å². The summed E-state index contributed by atoms with van der Waals surface area (Å²) in [5.41, 5.74) is 0.924. The first-order valence-corrected chi connectivity index (χ1v) is 6.15. The van der Waals surface area contributed by atoms with Crippen molar-refractivity contribution in [2.75, 3.05) is 25.0 Å². The molecule has 1 aromatic heterocycles. The molecule has 6 nitrogen and oxygen atoms in total. The van der Waals surface area contributed by atoms with Crippen LogP contribution >= 0.6 is 0 Å². The number of pyridine rings is 1. The molecule has 1 unspecified atom stereocenters. The van der Waals surface area contributed by atoms with E-state index in [0.717, 1.165) is 37.3 Å². The van der Waals surface area contributed by atoms with Gasteiger partial charge < -0.3 is 10.2 Å². The third kappa shape index (κ3) is 2.43. The Hall–Kier alpha value is -1.69. The number of anilines is 1. The zero-order valence-corrected chi connectivity index (χ0v) is 10.7. The van der Waals surface area contributed by atoms with Gasteiger partial charge in [-0.25, -0.2) is 4.98 Å². The Kier molecular flexibility index (Phi) is 3.76. The highest BCUT2D eigenvalue weighted by Gasteiger charge is 2.26. The molecule has 1 atom stereocenters. The molecule has 0 spiro atoms. The minimum atomic E-state index is -0.404. The molecule has 1 fully saturated rings. The standard InChI is InChI=1S/C12H18N4O2/c1-9-6-11(16(17)18)8-14-12(9)15-5-3-4-10(15)7-13-2/h6,8,10,13H,3-5,7H2,1-2H3. The molecule has 6 heteroatoms. The van der Waals surface area contributed by atoms with E-state index in [1.807, 2.05) is 14.0 Å². The van der Waals surface area contributed by atoms with Gasteiger partial charge in [-0.3, -0.25) is 10.1 Å². The van der Waals surface area contributed by atoms with Gasteiger partial charge in [-0.05, 0) is 32.4 Å². The van der Waals surface area contributed by atoms with Crippen LogP contribution in [0.25, 0.3) is 0 Å². The first-order valence-electron chi connectivity index (χ1n) is 6.15. The summed E-state index contributed by atoms with van der Waals surface area (Å²) in [6.45, 7) is 3.76. The second-order valence-corrected chi connectivity index (χ2v) is 4.64. The lowest BCUT2D eigenvalue weighted by Gasteiger charge is -2.26. The van der Waals surface area contributed by atoms with Gasteiger partial charge in [0.2, 0.25) is 0 Å². The van der Waals surface area contributed by atoms with Crippen LogP contribution in [0, 0.1) is 17.0 Å². The molecule has 0 aromatic carbocycles. The van der Waals surface area contributed by atoms with Crippen LogP contribution in [-0.2, 0) is 0 Å². The maximum atomic E-state index is 10.7. The molecule has 1 aliphatic heterocycles. The van der Waals surface area contributed by atoms with Crippen LogP contribution < -0.4 is 10.2 Å². The normalized spacial score (nSPS) is 19.2. The fourth-order valence-electron chi connectivity index (χ4n) is 2.52. The van der Waals surface area contributed by atoms with Crippen molar-refractivity contribution in [1.29, 1.82) is 0 Å². The molecule has 0 amide bonds. The molecular formula is C12H18N4O2. The Morgan fingerprint density at radius 1 is 1.67 bits per heavy atom. The molecule has 18 heavy (non-hydrogen) atoms. The van der Waals surface area contributed by atoms with Gasteiger partial charge >= 0.3 is 0 Å². The Labute approximate surface area is 106 Å². The molecule has 1 aliphatic rings. The lowest BCUT2D eigenvalue weighted by atomic mass is 10.2. The summed E-state index contributed by atoms with van der Waals surface area (Å²) < 4.78 is 0. The van der Waals surface area contributed by atoms with Gasteiger partial charge in [0.05, 0.1) is 4.92 Å². The summed E-state index contributed by atoms with van der Waals surface area (Å²) in [6.07, 6.45) is 3.63. The van der Waals surface area contributed by atoms with Gasteiger partial charge in [-0.15, -0.1) is 0 Å². The van der Waals surface area contributed by atoms with Crippen LogP contribution in [0.5, 0.6) is 0 Å². The van der Waals surface area contributed by atoms with E-state index in [9.17, 15) is 10.1 Å². The lowest BCUT2D eigenvalue weighted by molar-refractivity contribution is -0.385. The quantitative estimate of drug-likeness (QED) is 0.647. The second-order valence-electron chi connectivity index (χ2n) is 4.64. The summed E-state index contributed by atoms with van der Waals surface area (Å²) in [5.74, 6) is 0.873. The number of hydrogen-bond acceptors (Lipinski definition) is 5. The van der Waals surface area contributed by atoms with Crippen LogP contribution in [0.15, 0.2) is 12.3 Å². The number of hydrogen-bond donors (Lipinski definition) is 1. The number of nitrogens with zero attached hydrogens (tertiary/aromatic N) is 3. The number of likely N-dealkylation sites (N-methyl/N-ethyl adjacent to an activating group) is 1. The molecule has 1 saturated heterocycles. The summed E-state index contributed by atoms with van der Waals surface area (Å²) in [7, 11) is 1.94. The Morgan fingerprint density at radius 2 is 2.44 bits per heavy atom. The van der Waals surface area contributed by atoms with Crippen molar-refractivity contribution in [3.05, 3.63) is 27.9 Å². The van der Waals surface area contributed by atoms with Crippen LogP contribution in [-0.4, -0.2) is 36.1 Å². The lowest BCUT2D eigenvalue weighted by Crippen LogP contribution is -2.37. The molecular weight excluding hydrogens is 232 g/mol. The van der Waals surface area contributed by atoms with Crippen molar-refractivity contribution in [1.82, 2.24) is 10.3 Å². The molecule has 0 saturated carbocycles. The van der Waals surface area contributed by atoms with E-state index in [4.69, 9.17) is 0 Å². The number of aryl methyl sites for hydroxylation is 1. The highest BCUT2D eigenvalue weighted by atomic mass is 16.6. The van der Waals surface area contributed by atoms with Crippen molar-refractivity contribution in [3.8, 4) is 0 Å². The van der Waals surface area contributed by atoms with Gasteiger partial charge in [0.25, 0.3) is 5.69 Å². The van der Waals surface area contributed by atoms with Crippen molar-refractivity contribution >= 4 is 11.5 Å². The average molecular weight is 250 g/mol. The zero-order valence-electron chi connectivity index (χ0n) is 10.7. The molecule has 98 valence electrons. The molecule has 0 radical (unpaired) electrons. The van der Waals surface area contributed by atoms with Gasteiger partial charge in [0.1, 0.15) is 12.0 Å². The largest absolute Gasteiger partial charge is 0.352 e. The molecule has 1 N–H and O–H groups in total. The average Bonchev–Trinajstić information content (AvgIpc) is 2.77. The minimum Gasteiger partial charge on any atom is -0.352 e. The third-order valence-electron chi connectivity index (χ3n) is 3.34. The molecule has 2 rings (SSSR count). The first-order chi connectivity index (χ1) is 8.63. The zero-order chi connectivity index (χ0) is 13.1. The molecule has 1 aromatic rings. The van der Waals surface area contributed by atoms with Crippen LogP contribution in [0.1, 0.15) is 18.4 Å². The Bertz CT molecular complexity index is 450. The number of aromatic nitrogens is 1. The summed E-state index contributed by atoms with van der Waals surface area (Å²) >= 11 is 0. The van der Waals surface area contributed by atoms with E-state index in [0.29, 0.717) is 6.04 Å². The first kappa shape index (κ1) is 12.8. The van der Waals surface area contributed by atoms with E-state index in [-0.39, 0.29) is 5.69 Å². The molecule has 0 bridgehead atoms. The minimum absolute atomic E-state index is 0.0561. The smallest absolute Gasteiger partial charge is 0.287 e. The maximum absolute atomic E-state index is 10.7. The summed E-state index contributed by atoms with van der Waals surface area (Å²) in [6, 6.07) is 2.03. The monoisotopic (exact) mass is 250 g/mol. The van der Waals surface area contributed by atoms with E-state index in [1.165, 1.54) is 6.20 Å². The topological polar surface area (TPSA) is 71.3 Å². The predicted octanol–water partition coefficient (Wildman–Crippen LogP) is 1.49. The SMILES string of the molecule is CNCC1CCCN1c1ncc([N+](=O)[O-])cc1C. The molecule has 0 aliphatic carbocycles.